The van der Waals surface area contributed by atoms with Crippen LogP contribution in [-0.2, 0) is 4.79 Å². The molecule has 1 heterocycles. The van der Waals surface area contributed by atoms with Crippen LogP contribution in [0, 0.1) is 35.0 Å². The number of Topliss-reactive ketones (excluding diaryl/α,β-unsaturated/α-hetero) is 1. The third-order valence-corrected chi connectivity index (χ3v) is 9.55. The summed E-state index contributed by atoms with van der Waals surface area (Å²) in [6, 6.07) is 0.387. The lowest BCUT2D eigenvalue weighted by Gasteiger charge is -2.59. The monoisotopic (exact) mass is 418 g/mol. The number of anilines is 1. The van der Waals surface area contributed by atoms with Gasteiger partial charge in [-0.1, -0.05) is 6.92 Å². The number of halogens is 1. The molecule has 4 aliphatic rings. The predicted molar refractivity (Wildman–Crippen MR) is 112 cm³/mol. The van der Waals surface area contributed by atoms with E-state index in [1.807, 2.05) is 6.92 Å². The van der Waals surface area contributed by atoms with Gasteiger partial charge >= 0.3 is 0 Å². The molecular weight excluding hydrogens is 383 g/mol. The number of ketones is 1. The third-order valence-electron chi connectivity index (χ3n) is 9.55. The Balaban J connectivity index is 1.31. The van der Waals surface area contributed by atoms with Crippen LogP contribution in [0.25, 0.3) is 0 Å². The van der Waals surface area contributed by atoms with Crippen molar-refractivity contribution in [3.8, 4) is 0 Å². The number of nitrogens with zero attached hydrogens (tertiary/aromatic N) is 1. The Labute approximate surface area is 178 Å². The topological polar surface area (TPSA) is 75.4 Å². The van der Waals surface area contributed by atoms with Crippen molar-refractivity contribution in [2.24, 2.45) is 35.0 Å². The molecule has 6 heteroatoms. The summed E-state index contributed by atoms with van der Waals surface area (Å²) in [5.74, 6) is 1.18. The molecule has 0 bridgehead atoms. The summed E-state index contributed by atoms with van der Waals surface area (Å²) in [4.78, 5) is 17.1. The fourth-order valence-corrected chi connectivity index (χ4v) is 8.10. The van der Waals surface area contributed by atoms with E-state index >= 15 is 4.39 Å². The summed E-state index contributed by atoms with van der Waals surface area (Å²) >= 11 is 0. The van der Waals surface area contributed by atoms with Gasteiger partial charge in [0.1, 0.15) is 11.9 Å². The first-order chi connectivity index (χ1) is 14.2. The first kappa shape index (κ1) is 20.5. The molecule has 2 N–H and O–H groups in total. The normalized spacial score (nSPS) is 47.8. The van der Waals surface area contributed by atoms with Crippen LogP contribution < -0.4 is 5.32 Å². The van der Waals surface area contributed by atoms with Crippen molar-refractivity contribution in [1.82, 2.24) is 4.98 Å². The molecule has 5 nitrogen and oxygen atoms in total. The highest BCUT2D eigenvalue weighted by Crippen LogP contribution is 2.66. The van der Waals surface area contributed by atoms with Crippen LogP contribution in [0.2, 0.25) is 0 Å². The molecule has 30 heavy (non-hydrogen) atoms. The number of hydrogen-bond donors (Lipinski definition) is 2. The van der Waals surface area contributed by atoms with Gasteiger partial charge in [-0.2, -0.15) is 0 Å². The van der Waals surface area contributed by atoms with Gasteiger partial charge in [0, 0.05) is 5.92 Å². The second kappa shape index (κ2) is 7.04. The zero-order valence-electron chi connectivity index (χ0n) is 18.2. The van der Waals surface area contributed by atoms with Crippen molar-refractivity contribution >= 4 is 11.8 Å². The van der Waals surface area contributed by atoms with Crippen molar-refractivity contribution in [2.45, 2.75) is 82.9 Å². The summed E-state index contributed by atoms with van der Waals surface area (Å²) in [6.45, 7) is 4.40. The SMILES string of the molecule is C[C@@]1(O)CC[C@@]2(F)[C@H](CC[C@H]3[C@@H]4CC[C@H](C(=O)CNc5ncco5)[C@@]4(C)CC[C@@H]32)C1. The van der Waals surface area contributed by atoms with E-state index in [1.165, 1.54) is 6.26 Å². The van der Waals surface area contributed by atoms with Crippen LogP contribution in [0.1, 0.15) is 71.6 Å². The number of aliphatic hydroxyl groups is 1. The second-order valence-electron chi connectivity index (χ2n) is 11.1. The Kier molecular flexibility index (Phi) is 4.81. The first-order valence-corrected chi connectivity index (χ1v) is 11.8. The highest BCUT2D eigenvalue weighted by atomic mass is 19.1. The highest BCUT2D eigenvalue weighted by Gasteiger charge is 2.63. The zero-order valence-corrected chi connectivity index (χ0v) is 18.2. The van der Waals surface area contributed by atoms with Crippen molar-refractivity contribution in [2.75, 3.05) is 11.9 Å². The summed E-state index contributed by atoms with van der Waals surface area (Å²) < 4.78 is 21.6. The largest absolute Gasteiger partial charge is 0.432 e. The van der Waals surface area contributed by atoms with Crippen LogP contribution >= 0.6 is 0 Å². The molecule has 8 atom stereocenters. The number of nitrogens with one attached hydrogen (secondary N) is 1. The average Bonchev–Trinajstić information content (AvgIpc) is 3.33. The maximum atomic E-state index is 16.4. The average molecular weight is 419 g/mol. The van der Waals surface area contributed by atoms with Crippen LogP contribution in [-0.4, -0.2) is 33.7 Å². The fraction of sp³-hybridized carbons (Fsp3) is 0.833. The van der Waals surface area contributed by atoms with Crippen molar-refractivity contribution in [3.63, 3.8) is 0 Å². The number of hydrogen-bond acceptors (Lipinski definition) is 5. The van der Waals surface area contributed by atoms with E-state index in [-0.39, 0.29) is 35.5 Å². The molecule has 0 spiro atoms. The first-order valence-electron chi connectivity index (χ1n) is 11.8. The third kappa shape index (κ3) is 3.12. The van der Waals surface area contributed by atoms with Gasteiger partial charge in [0.15, 0.2) is 5.78 Å². The van der Waals surface area contributed by atoms with Crippen molar-refractivity contribution in [1.29, 1.82) is 0 Å². The van der Waals surface area contributed by atoms with Crippen LogP contribution in [0.4, 0.5) is 10.4 Å². The Hall–Kier alpha value is -1.43. The molecule has 0 saturated heterocycles. The van der Waals surface area contributed by atoms with E-state index in [2.05, 4.69) is 17.2 Å². The number of alkyl halides is 1. The molecule has 0 aliphatic heterocycles. The summed E-state index contributed by atoms with van der Waals surface area (Å²) in [5, 5.41) is 13.5. The minimum absolute atomic E-state index is 0.00400. The Bertz CT molecular complexity index is 796. The molecule has 0 aromatic carbocycles. The maximum Gasteiger partial charge on any atom is 0.294 e. The fourth-order valence-electron chi connectivity index (χ4n) is 8.10. The minimum Gasteiger partial charge on any atom is -0.432 e. The Morgan fingerprint density at radius 1 is 1.20 bits per heavy atom. The molecule has 5 rings (SSSR count). The van der Waals surface area contributed by atoms with E-state index in [0.717, 1.165) is 38.5 Å². The minimum atomic E-state index is -1.12. The maximum absolute atomic E-state index is 16.4. The van der Waals surface area contributed by atoms with E-state index < -0.39 is 11.3 Å². The summed E-state index contributed by atoms with van der Waals surface area (Å²) in [7, 11) is 0. The molecule has 0 radical (unpaired) electrons. The molecule has 4 saturated carbocycles. The molecule has 1 aromatic heterocycles. The van der Waals surface area contributed by atoms with Crippen molar-refractivity contribution in [3.05, 3.63) is 12.5 Å². The van der Waals surface area contributed by atoms with E-state index in [0.29, 0.717) is 37.1 Å². The molecular formula is C24H35FN2O3. The van der Waals surface area contributed by atoms with Gasteiger partial charge in [-0.25, -0.2) is 9.37 Å². The van der Waals surface area contributed by atoms with Crippen molar-refractivity contribution < 1.29 is 18.7 Å². The number of rotatable bonds is 4. The van der Waals surface area contributed by atoms with Crippen LogP contribution in [0.15, 0.2) is 16.9 Å². The van der Waals surface area contributed by atoms with Gasteiger partial charge < -0.3 is 14.8 Å². The molecule has 4 fully saturated rings. The number of carbonyl (C=O) groups excluding carboxylic acids is 1. The van der Waals surface area contributed by atoms with Gasteiger partial charge in [-0.3, -0.25) is 4.79 Å². The van der Waals surface area contributed by atoms with Gasteiger partial charge in [-0.05, 0) is 93.8 Å². The standard InChI is InChI=1S/C24H35FN2O3/c1-22(29)9-10-24(25)15(13-22)3-4-16-17-5-6-19(23(17,2)8-7-18(16)24)20(28)14-27-21-26-11-12-30-21/h11-12,15-19,29H,3-10,13-14H2,1-2H3,(H,26,27)/t15-,16+,17+,18+,19-,22-,23+,24-/m1/s1. The van der Waals surface area contributed by atoms with Crippen LogP contribution in [0.5, 0.6) is 0 Å². The molecule has 166 valence electrons. The Morgan fingerprint density at radius 2 is 2.03 bits per heavy atom. The smallest absolute Gasteiger partial charge is 0.294 e. The van der Waals surface area contributed by atoms with Gasteiger partial charge in [-0.15, -0.1) is 0 Å². The number of fused-ring (bicyclic) bond motifs is 5. The lowest BCUT2D eigenvalue weighted by molar-refractivity contribution is -0.165. The Morgan fingerprint density at radius 3 is 2.80 bits per heavy atom. The van der Waals surface area contributed by atoms with E-state index in [9.17, 15) is 9.90 Å². The van der Waals surface area contributed by atoms with Gasteiger partial charge in [0.2, 0.25) is 0 Å². The molecule has 0 unspecified atom stereocenters. The summed E-state index contributed by atoms with van der Waals surface area (Å²) in [5.41, 5.74) is -1.86. The van der Waals surface area contributed by atoms with E-state index in [4.69, 9.17) is 4.42 Å². The number of oxazole rings is 1. The van der Waals surface area contributed by atoms with Gasteiger partial charge in [0.25, 0.3) is 6.01 Å². The number of aromatic nitrogens is 1. The predicted octanol–water partition coefficient (Wildman–Crippen LogP) is 4.77. The molecule has 1 aromatic rings. The molecule has 4 aliphatic carbocycles. The van der Waals surface area contributed by atoms with Crippen LogP contribution in [0.3, 0.4) is 0 Å². The van der Waals surface area contributed by atoms with Gasteiger partial charge in [0.05, 0.1) is 18.3 Å². The summed E-state index contributed by atoms with van der Waals surface area (Å²) in [6.07, 6.45) is 10.4. The lowest BCUT2D eigenvalue weighted by Crippen LogP contribution is -2.58. The van der Waals surface area contributed by atoms with E-state index in [1.54, 1.807) is 6.20 Å². The quantitative estimate of drug-likeness (QED) is 0.737. The molecule has 0 amide bonds. The second-order valence-corrected chi connectivity index (χ2v) is 11.1. The lowest BCUT2D eigenvalue weighted by atomic mass is 9.48. The zero-order chi connectivity index (χ0) is 21.1. The highest BCUT2D eigenvalue weighted by molar-refractivity contribution is 5.85. The number of carbonyl (C=O) groups is 1.